The van der Waals surface area contributed by atoms with E-state index in [-0.39, 0.29) is 11.1 Å². The number of hydrazone groups is 1. The Balaban J connectivity index is 2.25. The smallest absolute Gasteiger partial charge is 0.257 e. The average Bonchev–Trinajstić information content (AvgIpc) is 2.47. The van der Waals surface area contributed by atoms with Gasteiger partial charge in [0.1, 0.15) is 11.2 Å². The second kappa shape index (κ2) is 7.14. The number of benzene rings is 1. The van der Waals surface area contributed by atoms with Gasteiger partial charge in [0, 0.05) is 10.9 Å². The van der Waals surface area contributed by atoms with Gasteiger partial charge in [-0.1, -0.05) is 6.92 Å². The van der Waals surface area contributed by atoms with Gasteiger partial charge in [0.15, 0.2) is 0 Å². The number of H-pyrrole nitrogens is 1. The minimum Gasteiger partial charge on any atom is -0.497 e. The van der Waals surface area contributed by atoms with Crippen molar-refractivity contribution in [3.8, 4) is 5.75 Å². The summed E-state index contributed by atoms with van der Waals surface area (Å²) < 4.78 is 5.18. The summed E-state index contributed by atoms with van der Waals surface area (Å²) in [7, 11) is 1.60. The molecule has 0 amide bonds. The molecule has 1 unspecified atom stereocenters. The number of nitrogens with one attached hydrogen (secondary N) is 3. The zero-order valence-corrected chi connectivity index (χ0v) is 12.8. The summed E-state index contributed by atoms with van der Waals surface area (Å²) in [4.78, 5) is 14.8. The maximum atomic E-state index is 11.9. The molecule has 2 aromatic rings. The van der Waals surface area contributed by atoms with Gasteiger partial charge < -0.3 is 9.72 Å². The van der Waals surface area contributed by atoms with Crippen LogP contribution in [-0.2, 0) is 0 Å². The van der Waals surface area contributed by atoms with Crippen LogP contribution in [0.15, 0.2) is 34.2 Å². The molecule has 0 fully saturated rings. The Kier molecular flexibility index (Phi) is 5.24. The fourth-order valence-electron chi connectivity index (χ4n) is 1.84. The number of ether oxygens (including phenoxy) is 1. The van der Waals surface area contributed by atoms with Crippen molar-refractivity contribution in [1.29, 1.82) is 0 Å². The van der Waals surface area contributed by atoms with Crippen LogP contribution < -0.4 is 21.0 Å². The normalized spacial score (nSPS) is 12.7. The van der Waals surface area contributed by atoms with Crippen LogP contribution in [0, 0.1) is 0 Å². The summed E-state index contributed by atoms with van der Waals surface area (Å²) in [6.45, 7) is 2.74. The van der Waals surface area contributed by atoms with Crippen LogP contribution in [-0.4, -0.2) is 30.4 Å². The summed E-state index contributed by atoms with van der Waals surface area (Å²) in [6, 6.07) is 7.23. The molecule has 112 valence electrons. The van der Waals surface area contributed by atoms with Crippen molar-refractivity contribution in [3.63, 3.8) is 0 Å². The van der Waals surface area contributed by atoms with E-state index in [2.05, 4.69) is 33.5 Å². The minimum atomic E-state index is -0.258. The summed E-state index contributed by atoms with van der Waals surface area (Å²) in [5, 5.41) is 7.91. The molecule has 0 radical (unpaired) electrons. The summed E-state index contributed by atoms with van der Waals surface area (Å²) in [5.41, 5.74) is 3.53. The van der Waals surface area contributed by atoms with Crippen molar-refractivity contribution in [3.05, 3.63) is 40.2 Å². The summed E-state index contributed by atoms with van der Waals surface area (Å²) in [6.07, 6.45) is 1.47. The molecule has 2 rings (SSSR count). The molecule has 0 saturated heterocycles. The van der Waals surface area contributed by atoms with Crippen molar-refractivity contribution < 1.29 is 4.74 Å². The predicted octanol–water partition coefficient (Wildman–Crippen LogP) is 1.28. The van der Waals surface area contributed by atoms with E-state index in [4.69, 9.17) is 4.74 Å². The Labute approximate surface area is 128 Å². The number of thiol groups is 1. The molecule has 0 saturated carbocycles. The van der Waals surface area contributed by atoms with E-state index in [9.17, 15) is 4.79 Å². The van der Waals surface area contributed by atoms with Crippen molar-refractivity contribution >= 4 is 29.7 Å². The molecule has 1 aromatic heterocycles. The largest absolute Gasteiger partial charge is 0.497 e. The van der Waals surface area contributed by atoms with E-state index in [0.29, 0.717) is 5.56 Å². The number of hydrogen-bond acceptors (Lipinski definition) is 6. The van der Waals surface area contributed by atoms with Gasteiger partial charge in [-0.3, -0.25) is 15.5 Å². The molecule has 21 heavy (non-hydrogen) atoms. The van der Waals surface area contributed by atoms with Gasteiger partial charge in [-0.15, -0.1) is 12.6 Å². The highest BCUT2D eigenvalue weighted by Crippen LogP contribution is 2.18. The van der Waals surface area contributed by atoms with Gasteiger partial charge in [0.2, 0.25) is 0 Å². The summed E-state index contributed by atoms with van der Waals surface area (Å²) in [5.74, 6) is 0.734. The van der Waals surface area contributed by atoms with Gasteiger partial charge in [0.05, 0.1) is 18.9 Å². The molecule has 1 heterocycles. The van der Waals surface area contributed by atoms with Crippen molar-refractivity contribution in [2.75, 3.05) is 13.7 Å². The first-order chi connectivity index (χ1) is 10.1. The topological polar surface area (TPSA) is 78.5 Å². The molecular weight excluding hydrogens is 288 g/mol. The number of aromatic nitrogens is 1. The lowest BCUT2D eigenvalue weighted by molar-refractivity contribution is 0.415. The maximum absolute atomic E-state index is 11.9. The molecule has 0 aliphatic heterocycles. The molecule has 1 aromatic carbocycles. The van der Waals surface area contributed by atoms with Crippen LogP contribution in [0.5, 0.6) is 5.75 Å². The molecule has 0 aliphatic rings. The number of methoxy groups -OCH3 is 1. The van der Waals surface area contributed by atoms with E-state index in [0.717, 1.165) is 23.2 Å². The van der Waals surface area contributed by atoms with Crippen LogP contribution in [0.4, 0.5) is 0 Å². The number of hydrogen-bond donors (Lipinski definition) is 4. The first-order valence-electron chi connectivity index (χ1n) is 6.55. The van der Waals surface area contributed by atoms with Gasteiger partial charge in [-0.2, -0.15) is 5.10 Å². The lowest BCUT2D eigenvalue weighted by atomic mass is 10.1. The third-order valence-corrected chi connectivity index (χ3v) is 3.18. The molecule has 0 aliphatic carbocycles. The van der Waals surface area contributed by atoms with E-state index in [1.807, 2.05) is 19.1 Å². The molecule has 7 heteroatoms. The number of aromatic amines is 1. The van der Waals surface area contributed by atoms with Crippen molar-refractivity contribution in [2.24, 2.45) is 5.10 Å². The first-order valence-corrected chi connectivity index (χ1v) is 7.06. The molecular formula is C14H18N4O2S. The molecule has 0 spiro atoms. The van der Waals surface area contributed by atoms with E-state index in [1.54, 1.807) is 19.2 Å². The monoisotopic (exact) mass is 306 g/mol. The molecule has 1 atom stereocenters. The number of nitrogens with zero attached hydrogens (tertiary/aromatic N) is 1. The highest BCUT2D eigenvalue weighted by molar-refractivity contribution is 7.80. The second-order valence-corrected chi connectivity index (χ2v) is 4.87. The standard InChI is InChI=1S/C14H18N4O2S/c1-3-15-14(21)18-16-8-10-6-9-7-11(20-2)4-5-12(9)17-13(10)19/h4-8,14-15,18,21H,3H2,1-2H3,(H,17,19)/b16-8+. The van der Waals surface area contributed by atoms with Gasteiger partial charge in [0.25, 0.3) is 5.56 Å². The highest BCUT2D eigenvalue weighted by Gasteiger charge is 2.02. The van der Waals surface area contributed by atoms with Gasteiger partial charge >= 0.3 is 0 Å². The number of fused-ring (bicyclic) bond motifs is 1. The average molecular weight is 306 g/mol. The first kappa shape index (κ1) is 15.4. The summed E-state index contributed by atoms with van der Waals surface area (Å²) >= 11 is 4.23. The van der Waals surface area contributed by atoms with Crippen LogP contribution >= 0.6 is 12.6 Å². The van der Waals surface area contributed by atoms with Crippen LogP contribution in [0.25, 0.3) is 10.9 Å². The second-order valence-electron chi connectivity index (χ2n) is 4.35. The Hall–Kier alpha value is -1.99. The van der Waals surface area contributed by atoms with Gasteiger partial charge in [-0.25, -0.2) is 0 Å². The lowest BCUT2D eigenvalue weighted by Crippen LogP contribution is -2.34. The number of rotatable bonds is 6. The third-order valence-electron chi connectivity index (χ3n) is 2.88. The lowest BCUT2D eigenvalue weighted by Gasteiger charge is -2.09. The van der Waals surface area contributed by atoms with Crippen LogP contribution in [0.2, 0.25) is 0 Å². The highest BCUT2D eigenvalue weighted by atomic mass is 32.1. The Morgan fingerprint density at radius 1 is 1.48 bits per heavy atom. The van der Waals surface area contributed by atoms with E-state index < -0.39 is 0 Å². The quantitative estimate of drug-likeness (QED) is 0.281. The predicted molar refractivity (Wildman–Crippen MR) is 88.3 cm³/mol. The minimum absolute atomic E-state index is 0.197. The number of pyridine rings is 1. The molecule has 6 nitrogen and oxygen atoms in total. The van der Waals surface area contributed by atoms with Crippen molar-refractivity contribution in [1.82, 2.24) is 15.7 Å². The van der Waals surface area contributed by atoms with E-state index in [1.165, 1.54) is 6.21 Å². The Morgan fingerprint density at radius 3 is 3.00 bits per heavy atom. The molecule has 0 bridgehead atoms. The third kappa shape index (κ3) is 3.99. The zero-order valence-electron chi connectivity index (χ0n) is 11.9. The van der Waals surface area contributed by atoms with E-state index >= 15 is 0 Å². The fourth-order valence-corrected chi connectivity index (χ4v) is 2.09. The van der Waals surface area contributed by atoms with Gasteiger partial charge in [-0.05, 0) is 30.8 Å². The SMILES string of the molecule is CCNC(S)N/N=C/c1cc2cc(OC)ccc2[nH]c1=O. The fraction of sp³-hybridized carbons (Fsp3) is 0.286. The zero-order chi connectivity index (χ0) is 15.2. The molecule has 3 N–H and O–H groups in total. The van der Waals surface area contributed by atoms with Crippen LogP contribution in [0.3, 0.4) is 0 Å². The Morgan fingerprint density at radius 2 is 2.29 bits per heavy atom. The van der Waals surface area contributed by atoms with Crippen molar-refractivity contribution in [2.45, 2.75) is 12.4 Å². The Bertz CT molecular complexity index is 699. The van der Waals surface area contributed by atoms with Crippen LogP contribution in [0.1, 0.15) is 12.5 Å². The maximum Gasteiger partial charge on any atom is 0.257 e.